The third-order valence-corrected chi connectivity index (χ3v) is 4.19. The highest BCUT2D eigenvalue weighted by atomic mass is 19.1. The van der Waals surface area contributed by atoms with Crippen LogP contribution in [-0.4, -0.2) is 38.1 Å². The first-order chi connectivity index (χ1) is 11.0. The van der Waals surface area contributed by atoms with Gasteiger partial charge in [-0.2, -0.15) is 0 Å². The van der Waals surface area contributed by atoms with Crippen molar-refractivity contribution in [1.29, 1.82) is 0 Å². The molecule has 0 saturated carbocycles. The Kier molecular flexibility index (Phi) is 4.17. The van der Waals surface area contributed by atoms with Crippen molar-refractivity contribution in [2.45, 2.75) is 38.5 Å². The Morgan fingerprint density at radius 2 is 2.22 bits per heavy atom. The maximum absolute atomic E-state index is 13.5. The summed E-state index contributed by atoms with van der Waals surface area (Å²) in [4.78, 5) is 18.5. The van der Waals surface area contributed by atoms with E-state index < -0.39 is 6.10 Å². The highest BCUT2D eigenvalue weighted by Gasteiger charge is 2.36. The van der Waals surface area contributed by atoms with Crippen molar-refractivity contribution in [3.05, 3.63) is 53.9 Å². The van der Waals surface area contributed by atoms with E-state index in [0.717, 1.165) is 0 Å². The molecule has 3 rings (SSSR count). The van der Waals surface area contributed by atoms with Crippen molar-refractivity contribution < 1.29 is 14.3 Å². The molecule has 1 amide bonds. The SMILES string of the molecule is CC(C)n1cnc(C(=O)N2C[C@@H](O)C[C@H]2c2cccc(F)c2)c1. The summed E-state index contributed by atoms with van der Waals surface area (Å²) in [7, 11) is 0. The van der Waals surface area contributed by atoms with Crippen LogP contribution in [0.3, 0.4) is 0 Å². The van der Waals surface area contributed by atoms with E-state index in [4.69, 9.17) is 0 Å². The smallest absolute Gasteiger partial charge is 0.274 e. The molecule has 2 heterocycles. The lowest BCUT2D eigenvalue weighted by Gasteiger charge is -2.24. The molecule has 1 N–H and O–H groups in total. The summed E-state index contributed by atoms with van der Waals surface area (Å²) in [5.41, 5.74) is 1.03. The molecule has 1 aliphatic rings. The van der Waals surface area contributed by atoms with Crippen LogP contribution >= 0.6 is 0 Å². The van der Waals surface area contributed by atoms with Gasteiger partial charge >= 0.3 is 0 Å². The van der Waals surface area contributed by atoms with Gasteiger partial charge in [-0.3, -0.25) is 4.79 Å². The van der Waals surface area contributed by atoms with Crippen molar-refractivity contribution in [3.63, 3.8) is 0 Å². The Hall–Kier alpha value is -2.21. The number of likely N-dealkylation sites (tertiary alicyclic amines) is 1. The average Bonchev–Trinajstić information content (AvgIpc) is 3.13. The minimum Gasteiger partial charge on any atom is -0.391 e. The van der Waals surface area contributed by atoms with Crippen molar-refractivity contribution >= 4 is 5.91 Å². The van der Waals surface area contributed by atoms with Crippen molar-refractivity contribution in [2.24, 2.45) is 0 Å². The number of halogens is 1. The number of hydrogen-bond acceptors (Lipinski definition) is 3. The molecular formula is C17H20FN3O2. The van der Waals surface area contributed by atoms with Gasteiger partial charge in [-0.15, -0.1) is 0 Å². The Labute approximate surface area is 134 Å². The number of carbonyl (C=O) groups excluding carboxylic acids is 1. The van der Waals surface area contributed by atoms with Gasteiger partial charge in [0.25, 0.3) is 5.91 Å². The van der Waals surface area contributed by atoms with Gasteiger partial charge in [0.1, 0.15) is 11.5 Å². The zero-order chi connectivity index (χ0) is 16.6. The number of amides is 1. The van der Waals surface area contributed by atoms with E-state index in [-0.39, 0.29) is 30.4 Å². The lowest BCUT2D eigenvalue weighted by Crippen LogP contribution is -2.32. The third-order valence-electron chi connectivity index (χ3n) is 4.19. The number of nitrogens with zero attached hydrogens (tertiary/aromatic N) is 3. The summed E-state index contributed by atoms with van der Waals surface area (Å²) in [6.45, 7) is 4.24. The normalized spacial score (nSPS) is 21.2. The Balaban J connectivity index is 1.88. The van der Waals surface area contributed by atoms with Gasteiger partial charge in [0, 0.05) is 18.8 Å². The number of β-amino-alcohol motifs (C(OH)–C–C–N with tert-alkyl or cyclic N) is 1. The minimum atomic E-state index is -0.612. The number of imidazole rings is 1. The fraction of sp³-hybridized carbons (Fsp3) is 0.412. The first kappa shape index (κ1) is 15.7. The van der Waals surface area contributed by atoms with Crippen molar-refractivity contribution in [3.8, 4) is 0 Å². The molecule has 1 aliphatic heterocycles. The lowest BCUT2D eigenvalue weighted by molar-refractivity contribution is 0.0710. The van der Waals surface area contributed by atoms with Crippen LogP contribution < -0.4 is 0 Å². The maximum Gasteiger partial charge on any atom is 0.274 e. The zero-order valence-electron chi connectivity index (χ0n) is 13.2. The Morgan fingerprint density at radius 3 is 2.87 bits per heavy atom. The van der Waals surface area contributed by atoms with E-state index in [1.165, 1.54) is 12.1 Å². The largest absolute Gasteiger partial charge is 0.391 e. The molecular weight excluding hydrogens is 297 g/mol. The van der Waals surface area contributed by atoms with E-state index >= 15 is 0 Å². The number of benzene rings is 1. The van der Waals surface area contributed by atoms with E-state index in [1.807, 2.05) is 18.4 Å². The van der Waals surface area contributed by atoms with Crippen LogP contribution in [0.2, 0.25) is 0 Å². The second kappa shape index (κ2) is 6.12. The van der Waals surface area contributed by atoms with Crippen LogP contribution in [0.4, 0.5) is 4.39 Å². The standard InChI is InChI=1S/C17H20FN3O2/c1-11(2)20-9-15(19-10-20)17(23)21-8-14(22)7-16(21)12-4-3-5-13(18)6-12/h3-6,9-11,14,16,22H,7-8H2,1-2H3/t14-,16-/m0/s1. The van der Waals surface area contributed by atoms with Crippen LogP contribution in [0.25, 0.3) is 0 Å². The number of carbonyl (C=O) groups is 1. The number of hydrogen-bond donors (Lipinski definition) is 1. The molecule has 1 fully saturated rings. The zero-order valence-corrected chi connectivity index (χ0v) is 13.2. The summed E-state index contributed by atoms with van der Waals surface area (Å²) in [6, 6.07) is 6.05. The molecule has 0 aliphatic carbocycles. The first-order valence-electron chi connectivity index (χ1n) is 7.73. The highest BCUT2D eigenvalue weighted by Crippen LogP contribution is 2.33. The predicted octanol–water partition coefficient (Wildman–Crippen LogP) is 2.55. The second-order valence-electron chi connectivity index (χ2n) is 6.22. The molecule has 6 heteroatoms. The molecule has 5 nitrogen and oxygen atoms in total. The maximum atomic E-state index is 13.5. The second-order valence-corrected chi connectivity index (χ2v) is 6.22. The molecule has 0 unspecified atom stereocenters. The third kappa shape index (κ3) is 3.12. The fourth-order valence-electron chi connectivity index (χ4n) is 2.94. The monoisotopic (exact) mass is 317 g/mol. The van der Waals surface area contributed by atoms with Gasteiger partial charge in [0.05, 0.1) is 18.5 Å². The van der Waals surface area contributed by atoms with Gasteiger partial charge in [-0.05, 0) is 38.0 Å². The molecule has 2 aromatic rings. The summed E-state index contributed by atoms with van der Waals surface area (Å²) in [5.74, 6) is -0.587. The molecule has 0 spiro atoms. The minimum absolute atomic E-state index is 0.215. The number of aliphatic hydroxyl groups is 1. The van der Waals surface area contributed by atoms with E-state index in [1.54, 1.807) is 29.6 Å². The van der Waals surface area contributed by atoms with Crippen LogP contribution in [0, 0.1) is 5.82 Å². The molecule has 23 heavy (non-hydrogen) atoms. The number of aliphatic hydroxyl groups excluding tert-OH is 1. The topological polar surface area (TPSA) is 58.4 Å². The fourth-order valence-corrected chi connectivity index (χ4v) is 2.94. The molecule has 1 aromatic heterocycles. The first-order valence-corrected chi connectivity index (χ1v) is 7.73. The van der Waals surface area contributed by atoms with Crippen LogP contribution in [0.1, 0.15) is 48.4 Å². The van der Waals surface area contributed by atoms with E-state index in [0.29, 0.717) is 17.7 Å². The molecule has 1 aromatic carbocycles. The van der Waals surface area contributed by atoms with E-state index in [2.05, 4.69) is 4.98 Å². The Bertz CT molecular complexity index is 713. The molecule has 1 saturated heterocycles. The summed E-state index contributed by atoms with van der Waals surface area (Å²) < 4.78 is 15.3. The highest BCUT2D eigenvalue weighted by molar-refractivity contribution is 5.92. The Morgan fingerprint density at radius 1 is 1.43 bits per heavy atom. The van der Waals surface area contributed by atoms with Gasteiger partial charge in [-0.25, -0.2) is 9.37 Å². The summed E-state index contributed by atoms with van der Waals surface area (Å²) >= 11 is 0. The predicted molar refractivity (Wildman–Crippen MR) is 83.4 cm³/mol. The van der Waals surface area contributed by atoms with Crippen LogP contribution in [-0.2, 0) is 0 Å². The van der Waals surface area contributed by atoms with E-state index in [9.17, 15) is 14.3 Å². The summed E-state index contributed by atoms with van der Waals surface area (Å²) in [5, 5.41) is 9.98. The summed E-state index contributed by atoms with van der Waals surface area (Å²) in [6.07, 6.45) is 3.13. The van der Waals surface area contributed by atoms with Gasteiger partial charge < -0.3 is 14.6 Å². The molecule has 0 bridgehead atoms. The van der Waals surface area contributed by atoms with Gasteiger partial charge in [0.2, 0.25) is 0 Å². The molecule has 122 valence electrons. The van der Waals surface area contributed by atoms with Crippen molar-refractivity contribution in [1.82, 2.24) is 14.5 Å². The molecule has 2 atom stereocenters. The van der Waals surface area contributed by atoms with Gasteiger partial charge in [-0.1, -0.05) is 12.1 Å². The van der Waals surface area contributed by atoms with Crippen molar-refractivity contribution in [2.75, 3.05) is 6.54 Å². The average molecular weight is 317 g/mol. The van der Waals surface area contributed by atoms with Crippen LogP contribution in [0.15, 0.2) is 36.8 Å². The number of aromatic nitrogens is 2. The molecule has 0 radical (unpaired) electrons. The quantitative estimate of drug-likeness (QED) is 0.946. The lowest BCUT2D eigenvalue weighted by atomic mass is 10.0. The van der Waals surface area contributed by atoms with Crippen LogP contribution in [0.5, 0.6) is 0 Å². The number of rotatable bonds is 3. The van der Waals surface area contributed by atoms with Gasteiger partial charge in [0.15, 0.2) is 0 Å².